The van der Waals surface area contributed by atoms with E-state index in [2.05, 4.69) is 14.9 Å². The van der Waals surface area contributed by atoms with Gasteiger partial charge in [-0.2, -0.15) is 0 Å². The molecular weight excluding hydrogens is 319 g/mol. The molecule has 0 spiro atoms. The molecule has 0 fully saturated rings. The first-order chi connectivity index (χ1) is 12.1. The Morgan fingerprint density at radius 3 is 2.80 bits per heavy atom. The predicted molar refractivity (Wildman–Crippen MR) is 95.8 cm³/mol. The van der Waals surface area contributed by atoms with Crippen molar-refractivity contribution in [1.82, 2.24) is 19.4 Å². The average molecular weight is 340 g/mol. The summed E-state index contributed by atoms with van der Waals surface area (Å²) in [6, 6.07) is 10.1. The number of aryl methyl sites for hydroxylation is 1. The Morgan fingerprint density at radius 2 is 2.08 bits per heavy atom. The first kappa shape index (κ1) is 17.2. The Kier molecular flexibility index (Phi) is 5.19. The lowest BCUT2D eigenvalue weighted by Gasteiger charge is -2.20. The molecule has 25 heavy (non-hydrogen) atoms. The molecule has 0 unspecified atom stereocenters. The van der Waals surface area contributed by atoms with Gasteiger partial charge in [-0.1, -0.05) is 13.0 Å². The average Bonchev–Trinajstić information content (AvgIpc) is 2.63. The molecule has 130 valence electrons. The summed E-state index contributed by atoms with van der Waals surface area (Å²) in [7, 11) is 1.69. The number of halogens is 1. The summed E-state index contributed by atoms with van der Waals surface area (Å²) < 4.78 is 15.0. The highest BCUT2D eigenvalue weighted by atomic mass is 19.1. The van der Waals surface area contributed by atoms with Gasteiger partial charge in [-0.25, -0.2) is 9.37 Å². The first-order valence-electron chi connectivity index (χ1n) is 8.36. The minimum atomic E-state index is -0.355. The van der Waals surface area contributed by atoms with Gasteiger partial charge < -0.3 is 4.57 Å². The molecule has 3 aromatic rings. The van der Waals surface area contributed by atoms with Crippen molar-refractivity contribution in [2.24, 2.45) is 7.05 Å². The second-order valence-electron chi connectivity index (χ2n) is 6.00. The maximum absolute atomic E-state index is 13.5. The van der Waals surface area contributed by atoms with Crippen molar-refractivity contribution in [3.05, 3.63) is 70.2 Å². The zero-order chi connectivity index (χ0) is 17.8. The highest BCUT2D eigenvalue weighted by Crippen LogP contribution is 2.12. The molecule has 5 nitrogen and oxygen atoms in total. The molecular formula is C19H21FN4O. The van der Waals surface area contributed by atoms with Crippen LogP contribution in [0, 0.1) is 5.82 Å². The summed E-state index contributed by atoms with van der Waals surface area (Å²) in [6.45, 7) is 4.05. The van der Waals surface area contributed by atoms with Crippen LogP contribution in [0.3, 0.4) is 0 Å². The summed E-state index contributed by atoms with van der Waals surface area (Å²) in [5.41, 5.74) is 2.44. The molecule has 1 aromatic carbocycles. The first-order valence-corrected chi connectivity index (χ1v) is 8.36. The van der Waals surface area contributed by atoms with Crippen LogP contribution >= 0.6 is 0 Å². The summed E-state index contributed by atoms with van der Waals surface area (Å²) in [4.78, 5) is 23.4. The van der Waals surface area contributed by atoms with Gasteiger partial charge in [-0.15, -0.1) is 0 Å². The van der Waals surface area contributed by atoms with E-state index in [1.54, 1.807) is 19.3 Å². The zero-order valence-corrected chi connectivity index (χ0v) is 14.4. The van der Waals surface area contributed by atoms with Gasteiger partial charge in [-0.05, 0) is 30.8 Å². The smallest absolute Gasteiger partial charge is 0.273 e. The second kappa shape index (κ2) is 7.53. The number of aromatic nitrogens is 3. The largest absolute Gasteiger partial charge is 0.308 e. The van der Waals surface area contributed by atoms with Crippen LogP contribution in [0.2, 0.25) is 0 Å². The van der Waals surface area contributed by atoms with E-state index in [-0.39, 0.29) is 11.4 Å². The van der Waals surface area contributed by atoms with E-state index >= 15 is 0 Å². The monoisotopic (exact) mass is 340 g/mol. The van der Waals surface area contributed by atoms with E-state index in [0.717, 1.165) is 25.2 Å². The van der Waals surface area contributed by atoms with Gasteiger partial charge in [0, 0.05) is 44.5 Å². The normalized spacial score (nSPS) is 11.4. The number of hydrogen-bond donors (Lipinski definition) is 0. The van der Waals surface area contributed by atoms with Crippen molar-refractivity contribution in [3.63, 3.8) is 0 Å². The second-order valence-corrected chi connectivity index (χ2v) is 6.00. The van der Waals surface area contributed by atoms with Crippen LogP contribution in [0.4, 0.5) is 4.39 Å². The van der Waals surface area contributed by atoms with Crippen LogP contribution in [0.5, 0.6) is 0 Å². The van der Waals surface area contributed by atoms with E-state index in [9.17, 15) is 9.18 Å². The Hall–Kier alpha value is -2.60. The van der Waals surface area contributed by atoms with Crippen molar-refractivity contribution in [3.8, 4) is 0 Å². The van der Waals surface area contributed by atoms with Gasteiger partial charge in [0.1, 0.15) is 11.5 Å². The Balaban J connectivity index is 1.82. The standard InChI is InChI=1S/C19H21FN4O/c1-3-24(11-9-15-6-4-5-10-21-15)13-17-19(25)23(2)18-8-7-14(20)12-16(18)22-17/h4-8,10,12H,3,9,11,13H2,1-2H3. The molecule has 0 N–H and O–H groups in total. The summed E-state index contributed by atoms with van der Waals surface area (Å²) in [6.07, 6.45) is 2.58. The molecule has 0 amide bonds. The van der Waals surface area contributed by atoms with Crippen molar-refractivity contribution in [2.75, 3.05) is 13.1 Å². The Morgan fingerprint density at radius 1 is 1.24 bits per heavy atom. The lowest BCUT2D eigenvalue weighted by Crippen LogP contribution is -2.32. The van der Waals surface area contributed by atoms with Gasteiger partial charge >= 0.3 is 0 Å². The van der Waals surface area contributed by atoms with Crippen LogP contribution < -0.4 is 5.56 Å². The van der Waals surface area contributed by atoms with Gasteiger partial charge in [0.05, 0.1) is 11.0 Å². The van der Waals surface area contributed by atoms with Crippen molar-refractivity contribution in [1.29, 1.82) is 0 Å². The third kappa shape index (κ3) is 3.91. The molecule has 3 rings (SSSR count). The molecule has 0 saturated carbocycles. The quantitative estimate of drug-likeness (QED) is 0.692. The van der Waals surface area contributed by atoms with E-state index in [1.165, 1.54) is 16.7 Å². The minimum absolute atomic E-state index is 0.143. The molecule has 0 aliphatic carbocycles. The number of fused-ring (bicyclic) bond motifs is 1. The van der Waals surface area contributed by atoms with Gasteiger partial charge in [0.15, 0.2) is 0 Å². The lowest BCUT2D eigenvalue weighted by atomic mass is 10.2. The van der Waals surface area contributed by atoms with E-state index in [4.69, 9.17) is 0 Å². The van der Waals surface area contributed by atoms with Crippen molar-refractivity contribution in [2.45, 2.75) is 19.9 Å². The highest BCUT2D eigenvalue weighted by Gasteiger charge is 2.13. The number of pyridine rings is 1. The summed E-state index contributed by atoms with van der Waals surface area (Å²) in [5, 5.41) is 0. The van der Waals surface area contributed by atoms with Crippen molar-refractivity contribution >= 4 is 11.0 Å². The molecule has 0 aliphatic rings. The number of likely N-dealkylation sites (N-methyl/N-ethyl adjacent to an activating group) is 1. The molecule has 0 aliphatic heterocycles. The summed E-state index contributed by atoms with van der Waals surface area (Å²) >= 11 is 0. The lowest BCUT2D eigenvalue weighted by molar-refractivity contribution is 0.278. The fourth-order valence-electron chi connectivity index (χ4n) is 2.85. The van der Waals surface area contributed by atoms with Crippen molar-refractivity contribution < 1.29 is 4.39 Å². The fourth-order valence-corrected chi connectivity index (χ4v) is 2.85. The number of nitrogens with zero attached hydrogens (tertiary/aromatic N) is 4. The highest BCUT2D eigenvalue weighted by molar-refractivity contribution is 5.74. The minimum Gasteiger partial charge on any atom is -0.308 e. The molecule has 0 radical (unpaired) electrons. The predicted octanol–water partition coefficient (Wildman–Crippen LogP) is 2.53. The number of rotatable bonds is 6. The summed E-state index contributed by atoms with van der Waals surface area (Å²) in [5.74, 6) is -0.355. The van der Waals surface area contributed by atoms with E-state index in [1.807, 2.05) is 25.1 Å². The molecule has 0 saturated heterocycles. The molecule has 0 bridgehead atoms. The number of hydrogen-bond acceptors (Lipinski definition) is 4. The van der Waals surface area contributed by atoms with Crippen LogP contribution in [0.1, 0.15) is 18.3 Å². The third-order valence-corrected chi connectivity index (χ3v) is 4.34. The van der Waals surface area contributed by atoms with Gasteiger partial charge in [0.2, 0.25) is 0 Å². The number of benzene rings is 1. The van der Waals surface area contributed by atoms with Gasteiger partial charge in [0.25, 0.3) is 5.56 Å². The molecule has 0 atom stereocenters. The maximum atomic E-state index is 13.5. The Labute approximate surface area is 145 Å². The van der Waals surface area contributed by atoms with E-state index < -0.39 is 0 Å². The Bertz CT molecular complexity index is 924. The molecule has 2 aromatic heterocycles. The molecule has 2 heterocycles. The van der Waals surface area contributed by atoms with Crippen LogP contribution in [-0.4, -0.2) is 32.5 Å². The molecule has 6 heteroatoms. The maximum Gasteiger partial charge on any atom is 0.273 e. The van der Waals surface area contributed by atoms with Crippen LogP contribution in [-0.2, 0) is 20.0 Å². The fraction of sp³-hybridized carbons (Fsp3) is 0.316. The van der Waals surface area contributed by atoms with E-state index in [0.29, 0.717) is 23.3 Å². The third-order valence-electron chi connectivity index (χ3n) is 4.34. The zero-order valence-electron chi connectivity index (χ0n) is 14.4. The van der Waals surface area contributed by atoms with Crippen LogP contribution in [0.15, 0.2) is 47.4 Å². The van der Waals surface area contributed by atoms with Gasteiger partial charge in [-0.3, -0.25) is 14.7 Å². The van der Waals surface area contributed by atoms with Crippen LogP contribution in [0.25, 0.3) is 11.0 Å². The topological polar surface area (TPSA) is 51.0 Å². The SMILES string of the molecule is CCN(CCc1ccccn1)Cc1nc2cc(F)ccc2n(C)c1=O.